The van der Waals surface area contributed by atoms with Crippen LogP contribution >= 0.6 is 0 Å². The van der Waals surface area contributed by atoms with Gasteiger partial charge in [-0.2, -0.15) is 26.3 Å². The van der Waals surface area contributed by atoms with E-state index in [4.69, 9.17) is 0 Å². The lowest BCUT2D eigenvalue weighted by atomic mass is 10.2. The minimum Gasteiger partial charge on any atom is -0.308 e. The molecular formula is C29H22F6N6O3. The fourth-order valence-corrected chi connectivity index (χ4v) is 3.73. The van der Waals surface area contributed by atoms with Crippen molar-refractivity contribution in [1.29, 1.82) is 0 Å². The average molecular weight is 617 g/mol. The number of hydrogen-bond acceptors (Lipinski definition) is 3. The lowest BCUT2D eigenvalue weighted by molar-refractivity contribution is -0.138. The van der Waals surface area contributed by atoms with Gasteiger partial charge in [-0.1, -0.05) is 24.3 Å². The Morgan fingerprint density at radius 3 is 0.886 bits per heavy atom. The van der Waals surface area contributed by atoms with Crippen LogP contribution in [0.25, 0.3) is 0 Å². The maximum Gasteiger partial charge on any atom is 0.416 e. The summed E-state index contributed by atoms with van der Waals surface area (Å²) in [5.74, 6) is 0. The highest BCUT2D eigenvalue weighted by molar-refractivity contribution is 6.08. The molecule has 0 aliphatic carbocycles. The molecule has 0 fully saturated rings. The van der Waals surface area contributed by atoms with Crippen molar-refractivity contribution >= 4 is 52.2 Å². The van der Waals surface area contributed by atoms with E-state index in [0.29, 0.717) is 0 Å². The van der Waals surface area contributed by atoms with Crippen molar-refractivity contribution in [2.24, 2.45) is 0 Å². The summed E-state index contributed by atoms with van der Waals surface area (Å²) in [5, 5.41) is 14.9. The highest BCUT2D eigenvalue weighted by Gasteiger charge is 2.30. The van der Waals surface area contributed by atoms with Crippen molar-refractivity contribution in [1.82, 2.24) is 0 Å². The SMILES string of the molecule is O=C(Nc1ccc(C(F)(F)F)cc1)Nc1ccccc1NC(=O)Nc1ccccc1NC(=O)Nc1ccc(C(F)(F)F)cc1. The van der Waals surface area contributed by atoms with Crippen molar-refractivity contribution in [3.05, 3.63) is 108 Å². The molecule has 0 unspecified atom stereocenters. The van der Waals surface area contributed by atoms with Gasteiger partial charge in [-0.05, 0) is 72.8 Å². The minimum absolute atomic E-state index is 0.102. The lowest BCUT2D eigenvalue weighted by Crippen LogP contribution is -2.24. The first kappa shape index (κ1) is 31.2. The van der Waals surface area contributed by atoms with E-state index in [1.54, 1.807) is 24.3 Å². The molecule has 0 saturated heterocycles. The van der Waals surface area contributed by atoms with Crippen molar-refractivity contribution in [2.45, 2.75) is 12.4 Å². The lowest BCUT2D eigenvalue weighted by Gasteiger charge is -2.16. The summed E-state index contributed by atoms with van der Waals surface area (Å²) in [5.41, 5.74) is -0.892. The van der Waals surface area contributed by atoms with Gasteiger partial charge in [0.2, 0.25) is 0 Å². The van der Waals surface area contributed by atoms with Crippen LogP contribution in [0.15, 0.2) is 97.1 Å². The Balaban J connectivity index is 1.36. The van der Waals surface area contributed by atoms with Crippen LogP contribution in [0, 0.1) is 0 Å². The van der Waals surface area contributed by atoms with Crippen LogP contribution in [-0.2, 0) is 12.4 Å². The van der Waals surface area contributed by atoms with Crippen molar-refractivity contribution in [3.8, 4) is 0 Å². The summed E-state index contributed by atoms with van der Waals surface area (Å²) in [6, 6.07) is 17.5. The number of amides is 6. The number of anilines is 6. The van der Waals surface area contributed by atoms with E-state index in [0.717, 1.165) is 48.5 Å². The molecule has 6 amide bonds. The molecule has 4 aromatic rings. The van der Waals surface area contributed by atoms with Crippen LogP contribution in [0.2, 0.25) is 0 Å². The summed E-state index contributed by atoms with van der Waals surface area (Å²) in [4.78, 5) is 37.7. The molecule has 9 nitrogen and oxygen atoms in total. The monoisotopic (exact) mass is 616 g/mol. The summed E-state index contributed by atoms with van der Waals surface area (Å²) in [6.07, 6.45) is -9.05. The Hall–Kier alpha value is -5.73. The molecule has 0 aromatic heterocycles. The van der Waals surface area contributed by atoms with Crippen molar-refractivity contribution in [2.75, 3.05) is 31.9 Å². The quantitative estimate of drug-likeness (QED) is 0.122. The first-order chi connectivity index (χ1) is 20.8. The molecule has 15 heteroatoms. The molecule has 44 heavy (non-hydrogen) atoms. The van der Waals surface area contributed by atoms with Crippen LogP contribution in [0.4, 0.5) is 74.9 Å². The molecule has 0 bridgehead atoms. The Labute approximate surface area is 245 Å². The van der Waals surface area contributed by atoms with Gasteiger partial charge in [0.1, 0.15) is 0 Å². The topological polar surface area (TPSA) is 123 Å². The molecule has 6 N–H and O–H groups in total. The van der Waals surface area contributed by atoms with Gasteiger partial charge < -0.3 is 31.9 Å². The Morgan fingerprint density at radius 1 is 0.386 bits per heavy atom. The second-order valence-corrected chi connectivity index (χ2v) is 8.98. The number of alkyl halides is 6. The summed E-state index contributed by atoms with van der Waals surface area (Å²) in [6.45, 7) is 0. The molecule has 0 saturated carbocycles. The van der Waals surface area contributed by atoms with Crippen LogP contribution < -0.4 is 31.9 Å². The maximum absolute atomic E-state index is 12.8. The Bertz CT molecular complexity index is 1520. The standard InChI is InChI=1S/C29H22F6N6O3/c30-28(31,32)17-9-13-19(14-10-17)36-25(42)38-21-5-1-3-7-23(21)40-27(44)41-24-8-4-2-6-22(24)39-26(43)37-20-15-11-18(12-16-20)29(33,34)35/h1-16H,(H2,36,38,42)(H2,37,39,43)(H2,40,41,44). The van der Waals surface area contributed by atoms with Gasteiger partial charge in [0.25, 0.3) is 0 Å². The number of carbonyl (C=O) groups is 3. The van der Waals surface area contributed by atoms with Crippen LogP contribution in [0.1, 0.15) is 11.1 Å². The number of rotatable bonds is 6. The van der Waals surface area contributed by atoms with Crippen molar-refractivity contribution < 1.29 is 40.7 Å². The van der Waals surface area contributed by atoms with Crippen LogP contribution in [0.3, 0.4) is 0 Å². The summed E-state index contributed by atoms with van der Waals surface area (Å²) >= 11 is 0. The minimum atomic E-state index is -4.52. The first-order valence-corrected chi connectivity index (χ1v) is 12.5. The molecule has 0 spiro atoms. The van der Waals surface area contributed by atoms with Gasteiger partial charge in [0, 0.05) is 11.4 Å². The number of benzene rings is 4. The number of nitrogens with one attached hydrogen (secondary N) is 6. The zero-order valence-corrected chi connectivity index (χ0v) is 22.2. The fourth-order valence-electron chi connectivity index (χ4n) is 3.73. The van der Waals surface area contributed by atoms with Crippen LogP contribution in [0.5, 0.6) is 0 Å². The van der Waals surface area contributed by atoms with Gasteiger partial charge in [-0.3, -0.25) is 0 Å². The van der Waals surface area contributed by atoms with Gasteiger partial charge in [0.05, 0.1) is 33.9 Å². The largest absolute Gasteiger partial charge is 0.416 e. The predicted octanol–water partition coefficient (Wildman–Crippen LogP) is 8.66. The number of hydrogen-bond donors (Lipinski definition) is 6. The van der Waals surface area contributed by atoms with Gasteiger partial charge in [-0.25, -0.2) is 14.4 Å². The second kappa shape index (κ2) is 13.1. The summed E-state index contributed by atoms with van der Waals surface area (Å²) < 4.78 is 76.6. The highest BCUT2D eigenvalue weighted by atomic mass is 19.4. The van der Waals surface area contributed by atoms with Gasteiger partial charge >= 0.3 is 30.4 Å². The molecule has 0 aliphatic rings. The van der Waals surface area contributed by atoms with Gasteiger partial charge in [-0.15, -0.1) is 0 Å². The second-order valence-electron chi connectivity index (χ2n) is 8.98. The highest BCUT2D eigenvalue weighted by Crippen LogP contribution is 2.31. The van der Waals surface area contributed by atoms with Crippen LogP contribution in [-0.4, -0.2) is 18.1 Å². The first-order valence-electron chi connectivity index (χ1n) is 12.5. The fraction of sp³-hybridized carbons (Fsp3) is 0.0690. The third-order valence-corrected chi connectivity index (χ3v) is 5.79. The van der Waals surface area contributed by atoms with Crippen molar-refractivity contribution in [3.63, 3.8) is 0 Å². The number of carbonyl (C=O) groups excluding carboxylic acids is 3. The smallest absolute Gasteiger partial charge is 0.308 e. The number of halogens is 6. The summed E-state index contributed by atoms with van der Waals surface area (Å²) in [7, 11) is 0. The zero-order valence-electron chi connectivity index (χ0n) is 22.2. The molecular weight excluding hydrogens is 594 g/mol. The van der Waals surface area contributed by atoms with E-state index < -0.39 is 41.6 Å². The van der Waals surface area contributed by atoms with E-state index in [-0.39, 0.29) is 34.1 Å². The Morgan fingerprint density at radius 2 is 0.636 bits per heavy atom. The van der Waals surface area contributed by atoms with E-state index in [9.17, 15) is 40.7 Å². The van der Waals surface area contributed by atoms with E-state index in [1.165, 1.54) is 24.3 Å². The van der Waals surface area contributed by atoms with Gasteiger partial charge in [0.15, 0.2) is 0 Å². The van der Waals surface area contributed by atoms with E-state index >= 15 is 0 Å². The Kier molecular flexibility index (Phi) is 9.26. The molecule has 4 rings (SSSR count). The predicted molar refractivity (Wildman–Crippen MR) is 154 cm³/mol. The molecule has 0 aliphatic heterocycles. The van der Waals surface area contributed by atoms with E-state index in [2.05, 4.69) is 31.9 Å². The number of urea groups is 3. The molecule has 228 valence electrons. The number of para-hydroxylation sites is 4. The average Bonchev–Trinajstić information content (AvgIpc) is 2.95. The zero-order chi connectivity index (χ0) is 31.9. The molecule has 0 atom stereocenters. The van der Waals surface area contributed by atoms with E-state index in [1.807, 2.05) is 0 Å². The normalized spacial score (nSPS) is 11.2. The third-order valence-electron chi connectivity index (χ3n) is 5.79. The maximum atomic E-state index is 12.8. The molecule has 0 radical (unpaired) electrons. The molecule has 0 heterocycles. The third kappa shape index (κ3) is 8.64. The molecule has 4 aromatic carbocycles.